The summed E-state index contributed by atoms with van der Waals surface area (Å²) in [4.78, 5) is 3.50. The SMILES string of the molecule is Cc1ccc(S)c(Sc2ccccc2)c1. The van der Waals surface area contributed by atoms with E-state index in [1.165, 1.54) is 15.4 Å². The minimum Gasteiger partial charge on any atom is -0.142 e. The Kier molecular flexibility index (Phi) is 3.39. The molecule has 0 bridgehead atoms. The van der Waals surface area contributed by atoms with Gasteiger partial charge in [-0.25, -0.2) is 0 Å². The Bertz CT molecular complexity index is 449. The van der Waals surface area contributed by atoms with E-state index in [2.05, 4.69) is 56.0 Å². The highest BCUT2D eigenvalue weighted by atomic mass is 32.2. The molecule has 76 valence electrons. The standard InChI is InChI=1S/C13H12S2/c1-10-7-8-12(14)13(9-10)15-11-5-3-2-4-6-11/h2-9,14H,1H3. The number of hydrogen-bond acceptors (Lipinski definition) is 2. The number of benzene rings is 2. The van der Waals surface area contributed by atoms with Crippen molar-refractivity contribution in [2.75, 3.05) is 0 Å². The maximum Gasteiger partial charge on any atom is 0.0258 e. The van der Waals surface area contributed by atoms with Crippen LogP contribution < -0.4 is 0 Å². The fourth-order valence-electron chi connectivity index (χ4n) is 1.32. The van der Waals surface area contributed by atoms with Gasteiger partial charge in [0.05, 0.1) is 0 Å². The maximum atomic E-state index is 4.45. The van der Waals surface area contributed by atoms with Crippen LogP contribution in [0.1, 0.15) is 5.56 Å². The highest BCUT2D eigenvalue weighted by molar-refractivity contribution is 7.99. The van der Waals surface area contributed by atoms with E-state index in [1.54, 1.807) is 11.8 Å². The normalized spacial score (nSPS) is 10.3. The topological polar surface area (TPSA) is 0 Å². The predicted octanol–water partition coefficient (Wildman–Crippen LogP) is 4.43. The van der Waals surface area contributed by atoms with E-state index < -0.39 is 0 Å². The van der Waals surface area contributed by atoms with Gasteiger partial charge in [-0.05, 0) is 36.8 Å². The Labute approximate surface area is 100 Å². The lowest BCUT2D eigenvalue weighted by atomic mass is 10.2. The van der Waals surface area contributed by atoms with Crippen molar-refractivity contribution in [2.45, 2.75) is 21.6 Å². The van der Waals surface area contributed by atoms with Crippen LogP contribution in [0.4, 0.5) is 0 Å². The van der Waals surface area contributed by atoms with Gasteiger partial charge in [0, 0.05) is 14.7 Å². The monoisotopic (exact) mass is 232 g/mol. The molecule has 0 saturated heterocycles. The molecule has 0 aliphatic heterocycles. The third-order valence-electron chi connectivity index (χ3n) is 2.09. The highest BCUT2D eigenvalue weighted by Crippen LogP contribution is 2.32. The predicted molar refractivity (Wildman–Crippen MR) is 69.0 cm³/mol. The van der Waals surface area contributed by atoms with E-state index in [4.69, 9.17) is 0 Å². The van der Waals surface area contributed by atoms with Crippen LogP contribution in [0.5, 0.6) is 0 Å². The number of hydrogen-bond donors (Lipinski definition) is 1. The van der Waals surface area contributed by atoms with Gasteiger partial charge in [-0.1, -0.05) is 36.0 Å². The molecule has 2 aromatic carbocycles. The van der Waals surface area contributed by atoms with Crippen LogP contribution in [0, 0.1) is 6.92 Å². The van der Waals surface area contributed by atoms with Crippen molar-refractivity contribution in [3.63, 3.8) is 0 Å². The summed E-state index contributed by atoms with van der Waals surface area (Å²) in [5.41, 5.74) is 1.27. The zero-order valence-electron chi connectivity index (χ0n) is 8.47. The number of thiol groups is 1. The van der Waals surface area contributed by atoms with Crippen LogP contribution in [0.15, 0.2) is 63.2 Å². The van der Waals surface area contributed by atoms with E-state index in [9.17, 15) is 0 Å². The van der Waals surface area contributed by atoms with Gasteiger partial charge in [-0.15, -0.1) is 12.6 Å². The van der Waals surface area contributed by atoms with Crippen LogP contribution in [0.2, 0.25) is 0 Å². The Balaban J connectivity index is 2.28. The first-order chi connectivity index (χ1) is 7.25. The van der Waals surface area contributed by atoms with Crippen LogP contribution in [-0.4, -0.2) is 0 Å². The second-order valence-electron chi connectivity index (χ2n) is 3.39. The minimum atomic E-state index is 1.04. The van der Waals surface area contributed by atoms with Gasteiger partial charge in [0.2, 0.25) is 0 Å². The maximum absolute atomic E-state index is 4.45. The van der Waals surface area contributed by atoms with Crippen LogP contribution in [0.3, 0.4) is 0 Å². The van der Waals surface area contributed by atoms with Crippen LogP contribution in [0.25, 0.3) is 0 Å². The summed E-state index contributed by atoms with van der Waals surface area (Å²) >= 11 is 6.21. The molecule has 0 atom stereocenters. The fourth-order valence-corrected chi connectivity index (χ4v) is 2.56. The summed E-state index contributed by atoms with van der Waals surface area (Å²) in [5, 5.41) is 0. The largest absolute Gasteiger partial charge is 0.142 e. The second-order valence-corrected chi connectivity index (χ2v) is 4.98. The second kappa shape index (κ2) is 4.77. The molecule has 0 amide bonds. The van der Waals surface area contributed by atoms with E-state index in [-0.39, 0.29) is 0 Å². The van der Waals surface area contributed by atoms with Crippen molar-refractivity contribution in [2.24, 2.45) is 0 Å². The van der Waals surface area contributed by atoms with E-state index >= 15 is 0 Å². The minimum absolute atomic E-state index is 1.04. The molecule has 0 fully saturated rings. The molecule has 0 unspecified atom stereocenters. The molecule has 0 heterocycles. The first-order valence-corrected chi connectivity index (χ1v) is 6.04. The lowest BCUT2D eigenvalue weighted by Gasteiger charge is -2.05. The Morgan fingerprint density at radius 2 is 1.73 bits per heavy atom. The molecule has 0 aliphatic carbocycles. The van der Waals surface area contributed by atoms with Crippen molar-refractivity contribution >= 4 is 24.4 Å². The zero-order chi connectivity index (χ0) is 10.7. The molecule has 0 nitrogen and oxygen atoms in total. The average molecular weight is 232 g/mol. The van der Waals surface area contributed by atoms with E-state index in [1.807, 2.05) is 12.1 Å². The lowest BCUT2D eigenvalue weighted by molar-refractivity contribution is 1.21. The van der Waals surface area contributed by atoms with Gasteiger partial charge in [-0.3, -0.25) is 0 Å². The van der Waals surface area contributed by atoms with E-state index in [0.717, 1.165) is 4.90 Å². The molecular formula is C13H12S2. The Morgan fingerprint density at radius 1 is 1.00 bits per heavy atom. The molecule has 0 spiro atoms. The highest BCUT2D eigenvalue weighted by Gasteiger charge is 2.01. The first-order valence-electron chi connectivity index (χ1n) is 4.78. The Hall–Kier alpha value is -0.860. The number of aryl methyl sites for hydroxylation is 1. The molecule has 2 rings (SSSR count). The van der Waals surface area contributed by atoms with Crippen molar-refractivity contribution in [1.29, 1.82) is 0 Å². The summed E-state index contributed by atoms with van der Waals surface area (Å²) in [6.07, 6.45) is 0. The first kappa shape index (κ1) is 10.7. The molecule has 0 N–H and O–H groups in total. The molecule has 0 aliphatic rings. The third-order valence-corrected chi connectivity index (χ3v) is 3.69. The summed E-state index contributed by atoms with van der Waals surface area (Å²) in [6, 6.07) is 16.6. The van der Waals surface area contributed by atoms with Gasteiger partial charge in [0.1, 0.15) is 0 Å². The fraction of sp³-hybridized carbons (Fsp3) is 0.0769. The molecular weight excluding hydrogens is 220 g/mol. The molecule has 0 saturated carbocycles. The average Bonchev–Trinajstić information content (AvgIpc) is 2.25. The zero-order valence-corrected chi connectivity index (χ0v) is 10.2. The van der Waals surface area contributed by atoms with Gasteiger partial charge in [-0.2, -0.15) is 0 Å². The smallest absolute Gasteiger partial charge is 0.0258 e. The van der Waals surface area contributed by atoms with Crippen LogP contribution >= 0.6 is 24.4 Å². The molecule has 15 heavy (non-hydrogen) atoms. The van der Waals surface area contributed by atoms with Gasteiger partial charge >= 0.3 is 0 Å². The van der Waals surface area contributed by atoms with Crippen molar-refractivity contribution in [1.82, 2.24) is 0 Å². The van der Waals surface area contributed by atoms with Crippen molar-refractivity contribution in [3.05, 3.63) is 54.1 Å². The molecule has 0 radical (unpaired) electrons. The number of rotatable bonds is 2. The molecule has 2 aromatic rings. The summed E-state index contributed by atoms with van der Waals surface area (Å²) in [7, 11) is 0. The van der Waals surface area contributed by atoms with Gasteiger partial charge < -0.3 is 0 Å². The van der Waals surface area contributed by atoms with Crippen molar-refractivity contribution < 1.29 is 0 Å². The summed E-state index contributed by atoms with van der Waals surface area (Å²) < 4.78 is 0. The van der Waals surface area contributed by atoms with Crippen LogP contribution in [-0.2, 0) is 0 Å². The quantitative estimate of drug-likeness (QED) is 0.747. The third kappa shape index (κ3) is 2.80. The van der Waals surface area contributed by atoms with Gasteiger partial charge in [0.15, 0.2) is 0 Å². The van der Waals surface area contributed by atoms with E-state index in [0.29, 0.717) is 0 Å². The summed E-state index contributed by atoms with van der Waals surface area (Å²) in [6.45, 7) is 2.10. The van der Waals surface area contributed by atoms with Crippen molar-refractivity contribution in [3.8, 4) is 0 Å². The Morgan fingerprint density at radius 3 is 2.47 bits per heavy atom. The van der Waals surface area contributed by atoms with Gasteiger partial charge in [0.25, 0.3) is 0 Å². The molecule has 0 aromatic heterocycles. The molecule has 2 heteroatoms. The summed E-state index contributed by atoms with van der Waals surface area (Å²) in [5.74, 6) is 0. The lowest BCUT2D eigenvalue weighted by Crippen LogP contribution is -1.78.